The molecule has 3 nitrogen and oxygen atoms in total. The minimum Gasteiger partial charge on any atom is -0.380 e. The molecule has 0 atom stereocenters. The predicted octanol–water partition coefficient (Wildman–Crippen LogP) is -0.267. The van der Waals surface area contributed by atoms with Gasteiger partial charge in [0, 0.05) is 31.1 Å². The van der Waals surface area contributed by atoms with E-state index in [1.807, 2.05) is 6.55 Å². The van der Waals surface area contributed by atoms with Crippen LogP contribution in [0.5, 0.6) is 0 Å². The van der Waals surface area contributed by atoms with Crippen LogP contribution in [0.2, 0.25) is 6.55 Å². The van der Waals surface area contributed by atoms with Crippen LogP contribution in [0.15, 0.2) is 0 Å². The molecule has 0 fully saturated rings. The summed E-state index contributed by atoms with van der Waals surface area (Å²) in [6, 6.07) is 0. The van der Waals surface area contributed by atoms with Crippen LogP contribution in [-0.4, -0.2) is 47.2 Å². The van der Waals surface area contributed by atoms with Gasteiger partial charge in [-0.15, -0.1) is 0 Å². The van der Waals surface area contributed by atoms with Crippen LogP contribution in [0.3, 0.4) is 0 Å². The first-order valence-electron chi connectivity index (χ1n) is 2.84. The molecular formula is C4H12O3Si3. The van der Waals surface area contributed by atoms with Crippen LogP contribution in [-0.2, 0) is 13.3 Å². The zero-order chi connectivity index (χ0) is 8.20. The minimum absolute atomic E-state index is 0.807. The summed E-state index contributed by atoms with van der Waals surface area (Å²) in [5, 5.41) is 0. The summed E-state index contributed by atoms with van der Waals surface area (Å²) in [4.78, 5) is 0. The highest BCUT2D eigenvalue weighted by Gasteiger charge is 2.41. The lowest BCUT2D eigenvalue weighted by Crippen LogP contribution is -2.56. The lowest BCUT2D eigenvalue weighted by molar-refractivity contribution is 0.148. The quantitative estimate of drug-likeness (QED) is 0.574. The maximum absolute atomic E-state index is 5.19. The molecule has 0 spiro atoms. The van der Waals surface area contributed by atoms with E-state index in [2.05, 4.69) is 9.76 Å². The lowest BCUT2D eigenvalue weighted by atomic mass is 11.8. The number of hydrogen-bond donors (Lipinski definition) is 0. The van der Waals surface area contributed by atoms with E-state index in [0.29, 0.717) is 0 Å². The van der Waals surface area contributed by atoms with Gasteiger partial charge in [0.1, 0.15) is 7.83 Å². The smallest absolute Gasteiger partial charge is 0.380 e. The molecule has 0 saturated heterocycles. The van der Waals surface area contributed by atoms with Gasteiger partial charge in [0.15, 0.2) is 0 Å². The van der Waals surface area contributed by atoms with E-state index in [1.54, 1.807) is 21.3 Å². The molecule has 58 valence electrons. The fraction of sp³-hybridized carbons (Fsp3) is 1.00. The standard InChI is InChI=1S/C4H12O3Si3/c1-5-10(6-2,7-3)9(4)8/h1-4H3. The Kier molecular flexibility index (Phi) is 4.65. The minimum atomic E-state index is -2.28. The molecule has 10 heavy (non-hydrogen) atoms. The van der Waals surface area contributed by atoms with Gasteiger partial charge in [0.05, 0.1) is 0 Å². The van der Waals surface area contributed by atoms with Crippen LogP contribution in [0.25, 0.3) is 0 Å². The molecule has 0 unspecified atom stereocenters. The van der Waals surface area contributed by atoms with Crippen molar-refractivity contribution in [2.24, 2.45) is 0 Å². The normalized spacial score (nSPS) is 12.6. The second kappa shape index (κ2) is 4.42. The summed E-state index contributed by atoms with van der Waals surface area (Å²) in [5.74, 6) is 0. The fourth-order valence-corrected chi connectivity index (χ4v) is 7.64. The molecule has 0 bridgehead atoms. The first-order valence-corrected chi connectivity index (χ1v) is 9.06. The van der Waals surface area contributed by atoms with Gasteiger partial charge in [-0.2, -0.15) is 0 Å². The van der Waals surface area contributed by atoms with Crippen molar-refractivity contribution in [3.63, 3.8) is 0 Å². The first kappa shape index (κ1) is 10.5. The molecule has 0 aliphatic carbocycles. The molecule has 0 aliphatic heterocycles. The van der Waals surface area contributed by atoms with Crippen LogP contribution in [0.1, 0.15) is 0 Å². The Labute approximate surface area is 67.7 Å². The van der Waals surface area contributed by atoms with Crippen molar-refractivity contribution in [2.45, 2.75) is 6.55 Å². The van der Waals surface area contributed by atoms with Crippen molar-refractivity contribution in [1.29, 1.82) is 0 Å². The van der Waals surface area contributed by atoms with E-state index < -0.39 is 16.2 Å². The Morgan fingerprint density at radius 1 is 1.10 bits per heavy atom. The van der Waals surface area contributed by atoms with Crippen molar-refractivity contribution < 1.29 is 13.3 Å². The Balaban J connectivity index is 4.15. The summed E-state index contributed by atoms with van der Waals surface area (Å²) in [5.41, 5.74) is 0. The van der Waals surface area contributed by atoms with Crippen molar-refractivity contribution in [3.8, 4) is 0 Å². The van der Waals surface area contributed by atoms with Gasteiger partial charge >= 0.3 is 8.32 Å². The van der Waals surface area contributed by atoms with Gasteiger partial charge in [-0.05, 0) is 0 Å². The number of hydrogen-bond acceptors (Lipinski definition) is 3. The summed E-state index contributed by atoms with van der Waals surface area (Å²) < 4.78 is 15.6. The molecule has 0 heterocycles. The highest BCUT2D eigenvalue weighted by molar-refractivity contribution is 7.42. The SMILES string of the molecule is CO[Si](OC)(OC)[Si](C)[Si]. The van der Waals surface area contributed by atoms with Gasteiger partial charge in [-0.3, -0.25) is 0 Å². The van der Waals surface area contributed by atoms with Gasteiger partial charge in [0.25, 0.3) is 0 Å². The van der Waals surface area contributed by atoms with E-state index in [4.69, 9.17) is 13.3 Å². The highest BCUT2D eigenvalue weighted by Crippen LogP contribution is 2.07. The van der Waals surface area contributed by atoms with Crippen molar-refractivity contribution >= 4 is 25.9 Å². The van der Waals surface area contributed by atoms with Gasteiger partial charge < -0.3 is 13.3 Å². The monoisotopic (exact) mass is 192 g/mol. The van der Waals surface area contributed by atoms with Crippen molar-refractivity contribution in [1.82, 2.24) is 0 Å². The van der Waals surface area contributed by atoms with Gasteiger partial charge in [-0.1, -0.05) is 6.55 Å². The average molecular weight is 192 g/mol. The third-order valence-electron chi connectivity index (χ3n) is 1.27. The van der Waals surface area contributed by atoms with E-state index in [9.17, 15) is 0 Å². The highest BCUT2D eigenvalue weighted by atomic mass is 29.6. The summed E-state index contributed by atoms with van der Waals surface area (Å²) in [7, 11) is 5.29. The van der Waals surface area contributed by atoms with Crippen molar-refractivity contribution in [3.05, 3.63) is 0 Å². The molecule has 0 aromatic carbocycles. The molecule has 4 radical (unpaired) electrons. The van der Waals surface area contributed by atoms with Crippen LogP contribution in [0, 0.1) is 0 Å². The second-order valence-corrected chi connectivity index (χ2v) is 13.2. The van der Waals surface area contributed by atoms with Gasteiger partial charge in [0.2, 0.25) is 0 Å². The zero-order valence-electron chi connectivity index (χ0n) is 6.72. The summed E-state index contributed by atoms with van der Waals surface area (Å²) in [6.45, 7) is 2.05. The molecule has 0 aromatic rings. The van der Waals surface area contributed by atoms with E-state index in [0.717, 1.165) is 0 Å². The Hall–Kier alpha value is 0.531. The van der Waals surface area contributed by atoms with Crippen LogP contribution in [0.4, 0.5) is 0 Å². The molecule has 0 N–H and O–H groups in total. The predicted molar refractivity (Wildman–Crippen MR) is 44.2 cm³/mol. The summed E-state index contributed by atoms with van der Waals surface area (Å²) >= 11 is 0. The molecule has 0 aliphatic rings. The van der Waals surface area contributed by atoms with E-state index in [1.165, 1.54) is 0 Å². The second-order valence-electron chi connectivity index (χ2n) is 1.79. The maximum Gasteiger partial charge on any atom is 0.462 e. The molecule has 0 aromatic heterocycles. The lowest BCUT2D eigenvalue weighted by Gasteiger charge is -2.27. The van der Waals surface area contributed by atoms with Gasteiger partial charge in [-0.25, -0.2) is 0 Å². The fourth-order valence-electron chi connectivity index (χ4n) is 0.709. The molecular weight excluding hydrogens is 180 g/mol. The third kappa shape index (κ3) is 2.01. The van der Waals surface area contributed by atoms with Crippen LogP contribution >= 0.6 is 0 Å². The topological polar surface area (TPSA) is 27.7 Å². The molecule has 0 saturated carbocycles. The van der Waals surface area contributed by atoms with Crippen molar-refractivity contribution in [2.75, 3.05) is 21.3 Å². The van der Waals surface area contributed by atoms with Crippen LogP contribution < -0.4 is 0 Å². The molecule has 6 heteroatoms. The van der Waals surface area contributed by atoms with E-state index in [-0.39, 0.29) is 0 Å². The summed E-state index contributed by atoms with van der Waals surface area (Å²) in [6.07, 6.45) is 0. The average Bonchev–Trinajstić information content (AvgIpc) is 1.92. The molecule has 0 rings (SSSR count). The zero-order valence-corrected chi connectivity index (χ0v) is 9.72. The maximum atomic E-state index is 5.19. The first-order chi connectivity index (χ1) is 4.63. The van der Waals surface area contributed by atoms with E-state index >= 15 is 0 Å². The Morgan fingerprint density at radius 2 is 1.40 bits per heavy atom. The number of rotatable bonds is 4. The largest absolute Gasteiger partial charge is 0.462 e. The Bertz CT molecular complexity index is 85.5. The Morgan fingerprint density at radius 3 is 1.40 bits per heavy atom. The molecule has 0 amide bonds. The third-order valence-corrected chi connectivity index (χ3v) is 11.1.